The van der Waals surface area contributed by atoms with Crippen LogP contribution < -0.4 is 10.6 Å². The molecule has 0 radical (unpaired) electrons. The van der Waals surface area contributed by atoms with E-state index in [-0.39, 0.29) is 18.4 Å². The van der Waals surface area contributed by atoms with E-state index in [1.807, 2.05) is 26.8 Å². The number of anilines is 1. The molecule has 0 saturated heterocycles. The van der Waals surface area contributed by atoms with E-state index < -0.39 is 12.0 Å². The van der Waals surface area contributed by atoms with Gasteiger partial charge in [0, 0.05) is 10.7 Å². The molecular weight excluding hydrogens is 292 g/mol. The van der Waals surface area contributed by atoms with Gasteiger partial charge in [0.15, 0.2) is 0 Å². The number of halogens is 1. The van der Waals surface area contributed by atoms with Crippen LogP contribution in [0.5, 0.6) is 0 Å². The van der Waals surface area contributed by atoms with E-state index in [1.165, 1.54) is 0 Å². The van der Waals surface area contributed by atoms with Gasteiger partial charge in [0.2, 0.25) is 5.91 Å². The van der Waals surface area contributed by atoms with Crippen LogP contribution in [0.2, 0.25) is 5.02 Å². The molecule has 1 unspecified atom stereocenters. The normalized spacial score (nSPS) is 12.2. The second kappa shape index (κ2) is 8.00. The van der Waals surface area contributed by atoms with Crippen LogP contribution in [0.3, 0.4) is 0 Å². The summed E-state index contributed by atoms with van der Waals surface area (Å²) < 4.78 is 0. The maximum Gasteiger partial charge on any atom is 0.320 e. The molecule has 0 aliphatic rings. The first kappa shape index (κ1) is 17.5. The third kappa shape index (κ3) is 6.14. The van der Waals surface area contributed by atoms with Gasteiger partial charge < -0.3 is 10.4 Å². The minimum atomic E-state index is -0.949. The van der Waals surface area contributed by atoms with E-state index in [1.54, 1.807) is 12.1 Å². The molecule has 0 aliphatic carbocycles. The molecule has 0 saturated carbocycles. The molecule has 0 fully saturated rings. The first-order valence-electron chi connectivity index (χ1n) is 6.81. The van der Waals surface area contributed by atoms with E-state index >= 15 is 0 Å². The maximum absolute atomic E-state index is 11.8. The summed E-state index contributed by atoms with van der Waals surface area (Å²) >= 11 is 5.98. The Labute approximate surface area is 129 Å². The number of hydrogen-bond acceptors (Lipinski definition) is 3. The van der Waals surface area contributed by atoms with Crippen LogP contribution in [-0.4, -0.2) is 29.6 Å². The molecule has 21 heavy (non-hydrogen) atoms. The van der Waals surface area contributed by atoms with Gasteiger partial charge in [-0.1, -0.05) is 31.5 Å². The van der Waals surface area contributed by atoms with E-state index in [2.05, 4.69) is 10.6 Å². The molecule has 3 N–H and O–H groups in total. The molecule has 0 aliphatic heterocycles. The summed E-state index contributed by atoms with van der Waals surface area (Å²) in [5.41, 5.74) is 1.52. The van der Waals surface area contributed by atoms with Gasteiger partial charge in [-0.15, -0.1) is 0 Å². The van der Waals surface area contributed by atoms with Crippen molar-refractivity contribution < 1.29 is 14.7 Å². The van der Waals surface area contributed by atoms with Crippen molar-refractivity contribution >= 4 is 29.2 Å². The summed E-state index contributed by atoms with van der Waals surface area (Å²) in [4.78, 5) is 22.9. The number of nitrogens with one attached hydrogen (secondary N) is 2. The largest absolute Gasteiger partial charge is 0.480 e. The Balaban J connectivity index is 2.52. The fourth-order valence-corrected chi connectivity index (χ4v) is 2.02. The highest BCUT2D eigenvalue weighted by Gasteiger charge is 2.19. The standard InChI is InChI=1S/C15H21ClN2O3/c1-9(2)6-13(15(20)21)17-8-14(19)18-11-5-4-10(3)12(16)7-11/h4-5,7,9,13,17H,6,8H2,1-3H3,(H,18,19)(H,20,21). The third-order valence-electron chi connectivity index (χ3n) is 2.97. The fraction of sp³-hybridized carbons (Fsp3) is 0.467. The molecule has 1 atom stereocenters. The van der Waals surface area contributed by atoms with Crippen LogP contribution in [0.15, 0.2) is 18.2 Å². The molecule has 0 spiro atoms. The predicted octanol–water partition coefficient (Wildman–Crippen LogP) is 2.68. The lowest BCUT2D eigenvalue weighted by atomic mass is 10.0. The molecule has 1 aromatic rings. The second-order valence-corrected chi connectivity index (χ2v) is 5.82. The molecule has 0 heterocycles. The Kier molecular flexibility index (Phi) is 6.65. The van der Waals surface area contributed by atoms with Crippen molar-refractivity contribution in [3.05, 3.63) is 28.8 Å². The minimum absolute atomic E-state index is 0.0603. The second-order valence-electron chi connectivity index (χ2n) is 5.41. The monoisotopic (exact) mass is 312 g/mol. The van der Waals surface area contributed by atoms with Crippen molar-refractivity contribution in [1.82, 2.24) is 5.32 Å². The van der Waals surface area contributed by atoms with Crippen LogP contribution in [0.25, 0.3) is 0 Å². The van der Waals surface area contributed by atoms with Gasteiger partial charge in [-0.25, -0.2) is 0 Å². The van der Waals surface area contributed by atoms with E-state index in [9.17, 15) is 9.59 Å². The zero-order valence-corrected chi connectivity index (χ0v) is 13.2. The Morgan fingerprint density at radius 3 is 2.52 bits per heavy atom. The van der Waals surface area contributed by atoms with Gasteiger partial charge in [0.1, 0.15) is 6.04 Å². The highest BCUT2D eigenvalue weighted by molar-refractivity contribution is 6.31. The minimum Gasteiger partial charge on any atom is -0.480 e. The smallest absolute Gasteiger partial charge is 0.320 e. The summed E-state index contributed by atoms with van der Waals surface area (Å²) in [6, 6.07) is 4.50. The molecule has 0 aromatic heterocycles. The number of carboxylic acids is 1. The van der Waals surface area contributed by atoms with Crippen LogP contribution >= 0.6 is 11.6 Å². The number of carboxylic acid groups (broad SMARTS) is 1. The quantitative estimate of drug-likeness (QED) is 0.723. The van der Waals surface area contributed by atoms with Crippen LogP contribution in [-0.2, 0) is 9.59 Å². The van der Waals surface area contributed by atoms with Crippen molar-refractivity contribution in [3.63, 3.8) is 0 Å². The number of carbonyl (C=O) groups excluding carboxylic acids is 1. The van der Waals surface area contributed by atoms with Gasteiger partial charge in [0.25, 0.3) is 0 Å². The average molecular weight is 313 g/mol. The number of aryl methyl sites for hydroxylation is 1. The summed E-state index contributed by atoms with van der Waals surface area (Å²) in [7, 11) is 0. The number of amides is 1. The SMILES string of the molecule is Cc1ccc(NC(=O)CNC(CC(C)C)C(=O)O)cc1Cl. The third-order valence-corrected chi connectivity index (χ3v) is 3.38. The summed E-state index contributed by atoms with van der Waals surface area (Å²) in [5.74, 6) is -1.02. The molecule has 6 heteroatoms. The van der Waals surface area contributed by atoms with E-state index in [4.69, 9.17) is 16.7 Å². The molecule has 1 rings (SSSR count). The lowest BCUT2D eigenvalue weighted by molar-refractivity contribution is -0.139. The zero-order valence-electron chi connectivity index (χ0n) is 12.4. The van der Waals surface area contributed by atoms with Crippen LogP contribution in [0.4, 0.5) is 5.69 Å². The molecule has 1 aromatic carbocycles. The Morgan fingerprint density at radius 1 is 1.33 bits per heavy atom. The zero-order chi connectivity index (χ0) is 16.0. The first-order chi connectivity index (χ1) is 9.79. The van der Waals surface area contributed by atoms with E-state index in [0.717, 1.165) is 5.56 Å². The average Bonchev–Trinajstić information content (AvgIpc) is 2.38. The van der Waals surface area contributed by atoms with Crippen molar-refractivity contribution in [1.29, 1.82) is 0 Å². The van der Waals surface area contributed by atoms with Gasteiger partial charge in [-0.3, -0.25) is 14.9 Å². The Hall–Kier alpha value is -1.59. The summed E-state index contributed by atoms with van der Waals surface area (Å²) in [5, 5.41) is 15.1. The van der Waals surface area contributed by atoms with E-state index in [0.29, 0.717) is 17.1 Å². The molecule has 0 bridgehead atoms. The highest BCUT2D eigenvalue weighted by atomic mass is 35.5. The Morgan fingerprint density at radius 2 is 2.00 bits per heavy atom. The summed E-state index contributed by atoms with van der Waals surface area (Å²) in [6.07, 6.45) is 0.471. The summed E-state index contributed by atoms with van der Waals surface area (Å²) in [6.45, 7) is 5.69. The van der Waals surface area contributed by atoms with Crippen molar-refractivity contribution in [3.8, 4) is 0 Å². The van der Waals surface area contributed by atoms with Gasteiger partial charge in [-0.05, 0) is 37.0 Å². The first-order valence-corrected chi connectivity index (χ1v) is 7.19. The van der Waals surface area contributed by atoms with Gasteiger partial charge in [-0.2, -0.15) is 0 Å². The van der Waals surface area contributed by atoms with Crippen molar-refractivity contribution in [2.24, 2.45) is 5.92 Å². The number of benzene rings is 1. The number of carbonyl (C=O) groups is 2. The molecular formula is C15H21ClN2O3. The Bertz CT molecular complexity index is 518. The van der Waals surface area contributed by atoms with Crippen molar-refractivity contribution in [2.45, 2.75) is 33.2 Å². The van der Waals surface area contributed by atoms with Crippen LogP contribution in [0.1, 0.15) is 25.8 Å². The maximum atomic E-state index is 11.8. The van der Waals surface area contributed by atoms with Gasteiger partial charge in [0.05, 0.1) is 6.54 Å². The highest BCUT2D eigenvalue weighted by Crippen LogP contribution is 2.19. The lowest BCUT2D eigenvalue weighted by Crippen LogP contribution is -2.42. The lowest BCUT2D eigenvalue weighted by Gasteiger charge is -2.16. The topological polar surface area (TPSA) is 78.4 Å². The molecule has 5 nitrogen and oxygen atoms in total. The van der Waals surface area contributed by atoms with Crippen LogP contribution in [0, 0.1) is 12.8 Å². The number of rotatable bonds is 7. The fourth-order valence-electron chi connectivity index (χ4n) is 1.83. The molecule has 116 valence electrons. The van der Waals surface area contributed by atoms with Gasteiger partial charge >= 0.3 is 5.97 Å². The number of aliphatic carboxylic acids is 1. The number of hydrogen-bond donors (Lipinski definition) is 3. The predicted molar refractivity (Wildman–Crippen MR) is 83.7 cm³/mol. The molecule has 1 amide bonds. The van der Waals surface area contributed by atoms with Crippen molar-refractivity contribution in [2.75, 3.05) is 11.9 Å².